The summed E-state index contributed by atoms with van der Waals surface area (Å²) in [7, 11) is 1.32. The minimum atomic E-state index is -0.431. The number of hydrogen-bond acceptors (Lipinski definition) is 4. The van der Waals surface area contributed by atoms with Crippen LogP contribution in [0.4, 0.5) is 5.69 Å². The molecule has 1 aliphatic heterocycles. The molecular formula is C16H20N2O4. The molecule has 0 saturated carbocycles. The smallest absolute Gasteiger partial charge is 0.311 e. The first-order valence-corrected chi connectivity index (χ1v) is 7.25. The van der Waals surface area contributed by atoms with Gasteiger partial charge in [-0.25, -0.2) is 0 Å². The number of carbonyl (C=O) groups is 3. The monoisotopic (exact) mass is 304 g/mol. The van der Waals surface area contributed by atoms with Crippen LogP contribution in [0.2, 0.25) is 0 Å². The standard InChI is InChI=1S/C16H20N2O4/c1-4-17-15(20)11-5-6-13(10(2)7-11)18-9-12(8-14(18)19)16(21)22-3/h5-7,12H,4,8-9H2,1-3H3,(H,17,20). The zero-order chi connectivity index (χ0) is 16.3. The van der Waals surface area contributed by atoms with Crippen molar-refractivity contribution < 1.29 is 19.1 Å². The van der Waals surface area contributed by atoms with Crippen LogP contribution < -0.4 is 10.2 Å². The van der Waals surface area contributed by atoms with Gasteiger partial charge in [-0.05, 0) is 37.6 Å². The second kappa shape index (κ2) is 6.60. The summed E-state index contributed by atoms with van der Waals surface area (Å²) in [6, 6.07) is 5.18. The van der Waals surface area contributed by atoms with Gasteiger partial charge in [-0.3, -0.25) is 14.4 Å². The first-order valence-electron chi connectivity index (χ1n) is 7.25. The molecule has 6 heteroatoms. The van der Waals surface area contributed by atoms with E-state index in [-0.39, 0.29) is 24.2 Å². The summed E-state index contributed by atoms with van der Waals surface area (Å²) in [5, 5.41) is 2.74. The van der Waals surface area contributed by atoms with E-state index in [1.807, 2.05) is 13.8 Å². The van der Waals surface area contributed by atoms with E-state index >= 15 is 0 Å². The molecule has 1 N–H and O–H groups in total. The summed E-state index contributed by atoms with van der Waals surface area (Å²) in [5.41, 5.74) is 2.10. The molecule has 1 unspecified atom stereocenters. The minimum absolute atomic E-state index is 0.107. The van der Waals surface area contributed by atoms with E-state index in [9.17, 15) is 14.4 Å². The Labute approximate surface area is 129 Å². The number of hydrogen-bond donors (Lipinski definition) is 1. The lowest BCUT2D eigenvalue weighted by molar-refractivity contribution is -0.145. The number of anilines is 1. The fourth-order valence-electron chi connectivity index (χ4n) is 2.63. The van der Waals surface area contributed by atoms with Crippen LogP contribution in [-0.2, 0) is 14.3 Å². The van der Waals surface area contributed by atoms with Gasteiger partial charge in [-0.15, -0.1) is 0 Å². The molecule has 118 valence electrons. The highest BCUT2D eigenvalue weighted by Gasteiger charge is 2.36. The number of esters is 1. The van der Waals surface area contributed by atoms with Crippen molar-refractivity contribution in [2.45, 2.75) is 20.3 Å². The predicted molar refractivity (Wildman–Crippen MR) is 81.7 cm³/mol. The molecule has 1 aromatic carbocycles. The predicted octanol–water partition coefficient (Wildman–Crippen LogP) is 1.27. The molecule has 6 nitrogen and oxygen atoms in total. The van der Waals surface area contributed by atoms with Gasteiger partial charge in [-0.2, -0.15) is 0 Å². The molecule has 0 radical (unpaired) electrons. The summed E-state index contributed by atoms with van der Waals surface area (Å²) in [6.07, 6.45) is 0.157. The van der Waals surface area contributed by atoms with Crippen molar-refractivity contribution in [3.63, 3.8) is 0 Å². The fraction of sp³-hybridized carbons (Fsp3) is 0.438. The Balaban J connectivity index is 2.21. The van der Waals surface area contributed by atoms with Gasteiger partial charge >= 0.3 is 5.97 Å². The fourth-order valence-corrected chi connectivity index (χ4v) is 2.63. The molecule has 1 aromatic rings. The molecule has 1 atom stereocenters. The Morgan fingerprint density at radius 3 is 2.73 bits per heavy atom. The van der Waals surface area contributed by atoms with Crippen LogP contribution in [0.25, 0.3) is 0 Å². The van der Waals surface area contributed by atoms with E-state index in [4.69, 9.17) is 4.74 Å². The maximum atomic E-state index is 12.1. The van der Waals surface area contributed by atoms with E-state index in [0.717, 1.165) is 11.3 Å². The van der Waals surface area contributed by atoms with Crippen molar-refractivity contribution in [2.24, 2.45) is 5.92 Å². The highest BCUT2D eigenvalue weighted by atomic mass is 16.5. The summed E-state index contributed by atoms with van der Waals surface area (Å²) >= 11 is 0. The van der Waals surface area contributed by atoms with Crippen LogP contribution in [0, 0.1) is 12.8 Å². The lowest BCUT2D eigenvalue weighted by Gasteiger charge is -2.19. The molecule has 0 aromatic heterocycles. The average molecular weight is 304 g/mol. The first-order chi connectivity index (χ1) is 10.5. The molecular weight excluding hydrogens is 284 g/mol. The van der Waals surface area contributed by atoms with Crippen molar-refractivity contribution in [1.29, 1.82) is 0 Å². The van der Waals surface area contributed by atoms with Crippen LogP contribution in [0.3, 0.4) is 0 Å². The van der Waals surface area contributed by atoms with Crippen molar-refractivity contribution in [3.05, 3.63) is 29.3 Å². The lowest BCUT2D eigenvalue weighted by atomic mass is 10.1. The summed E-state index contributed by atoms with van der Waals surface area (Å²) in [4.78, 5) is 37.1. The van der Waals surface area contributed by atoms with E-state index in [1.54, 1.807) is 23.1 Å². The van der Waals surface area contributed by atoms with Gasteiger partial charge in [0, 0.05) is 30.8 Å². The number of nitrogens with zero attached hydrogens (tertiary/aromatic N) is 1. The van der Waals surface area contributed by atoms with Crippen molar-refractivity contribution in [2.75, 3.05) is 25.1 Å². The second-order valence-electron chi connectivity index (χ2n) is 5.29. The highest BCUT2D eigenvalue weighted by Crippen LogP contribution is 2.29. The normalized spacial score (nSPS) is 17.5. The molecule has 0 spiro atoms. The van der Waals surface area contributed by atoms with Crippen molar-refractivity contribution in [1.82, 2.24) is 5.32 Å². The molecule has 0 bridgehead atoms. The number of benzene rings is 1. The summed E-state index contributed by atoms with van der Waals surface area (Å²) in [6.45, 7) is 4.57. The zero-order valence-electron chi connectivity index (χ0n) is 13.0. The van der Waals surface area contributed by atoms with E-state index in [2.05, 4.69) is 5.32 Å². The van der Waals surface area contributed by atoms with E-state index in [0.29, 0.717) is 18.7 Å². The molecule has 0 aliphatic carbocycles. The number of rotatable bonds is 4. The van der Waals surface area contributed by atoms with Gasteiger partial charge in [0.15, 0.2) is 0 Å². The van der Waals surface area contributed by atoms with Gasteiger partial charge in [0.2, 0.25) is 5.91 Å². The molecule has 1 fully saturated rings. The van der Waals surface area contributed by atoms with Crippen LogP contribution in [0.15, 0.2) is 18.2 Å². The molecule has 2 amide bonds. The average Bonchev–Trinajstić information content (AvgIpc) is 2.88. The molecule has 22 heavy (non-hydrogen) atoms. The zero-order valence-corrected chi connectivity index (χ0v) is 13.0. The van der Waals surface area contributed by atoms with Crippen molar-refractivity contribution in [3.8, 4) is 0 Å². The Bertz CT molecular complexity index is 612. The summed E-state index contributed by atoms with van der Waals surface area (Å²) < 4.78 is 4.70. The van der Waals surface area contributed by atoms with Crippen LogP contribution in [0.5, 0.6) is 0 Å². The highest BCUT2D eigenvalue weighted by molar-refractivity contribution is 6.01. The number of ether oxygens (including phenoxy) is 1. The first kappa shape index (κ1) is 16.0. The SMILES string of the molecule is CCNC(=O)c1ccc(N2CC(C(=O)OC)CC2=O)c(C)c1. The Morgan fingerprint density at radius 2 is 2.14 bits per heavy atom. The Kier molecular flexibility index (Phi) is 4.80. The number of aryl methyl sites for hydroxylation is 1. The largest absolute Gasteiger partial charge is 0.469 e. The van der Waals surface area contributed by atoms with E-state index in [1.165, 1.54) is 7.11 Å². The molecule has 1 aliphatic rings. The number of nitrogens with one attached hydrogen (secondary N) is 1. The lowest BCUT2D eigenvalue weighted by Crippen LogP contribution is -2.27. The third kappa shape index (κ3) is 3.10. The van der Waals surface area contributed by atoms with Crippen molar-refractivity contribution >= 4 is 23.5 Å². The number of carbonyl (C=O) groups excluding carboxylic acids is 3. The van der Waals surface area contributed by atoms with Gasteiger partial charge in [0.25, 0.3) is 5.91 Å². The summed E-state index contributed by atoms with van der Waals surface area (Å²) in [5.74, 6) is -1.05. The number of amides is 2. The van der Waals surface area contributed by atoms with E-state index < -0.39 is 5.92 Å². The van der Waals surface area contributed by atoms with Gasteiger partial charge in [0.05, 0.1) is 13.0 Å². The maximum absolute atomic E-state index is 12.1. The minimum Gasteiger partial charge on any atom is -0.469 e. The molecule has 2 rings (SSSR count). The van der Waals surface area contributed by atoms with Gasteiger partial charge in [-0.1, -0.05) is 0 Å². The quantitative estimate of drug-likeness (QED) is 0.850. The van der Waals surface area contributed by atoms with Gasteiger partial charge in [0.1, 0.15) is 0 Å². The Morgan fingerprint density at radius 1 is 1.41 bits per heavy atom. The maximum Gasteiger partial charge on any atom is 0.311 e. The van der Waals surface area contributed by atoms with Gasteiger partial charge < -0.3 is 15.0 Å². The number of methoxy groups -OCH3 is 1. The van der Waals surface area contributed by atoms with Crippen LogP contribution >= 0.6 is 0 Å². The third-order valence-corrected chi connectivity index (χ3v) is 3.75. The van der Waals surface area contributed by atoms with Crippen LogP contribution in [0.1, 0.15) is 29.3 Å². The second-order valence-corrected chi connectivity index (χ2v) is 5.29. The Hall–Kier alpha value is -2.37. The van der Waals surface area contributed by atoms with Crippen LogP contribution in [-0.4, -0.2) is 38.0 Å². The topological polar surface area (TPSA) is 75.7 Å². The molecule has 1 heterocycles. The third-order valence-electron chi connectivity index (χ3n) is 3.75. The molecule has 1 saturated heterocycles.